The minimum Gasteiger partial charge on any atom is -0.481 e. The minimum absolute atomic E-state index is 0.115. The molecule has 3 heteroatoms. The Morgan fingerprint density at radius 3 is 2.57 bits per heavy atom. The lowest BCUT2D eigenvalue weighted by molar-refractivity contribution is -0.138. The number of rotatable bonds is 5. The summed E-state index contributed by atoms with van der Waals surface area (Å²) in [6.07, 6.45) is 7.69. The highest BCUT2D eigenvalue weighted by molar-refractivity contribution is 6.31. The highest BCUT2D eigenvalue weighted by Crippen LogP contribution is 2.47. The second-order valence-electron chi connectivity index (χ2n) is 6.63. The van der Waals surface area contributed by atoms with E-state index in [2.05, 4.69) is 19.1 Å². The Hall–Kier alpha value is -1.02. The molecule has 1 aromatic carbocycles. The fourth-order valence-electron chi connectivity index (χ4n) is 3.78. The van der Waals surface area contributed by atoms with E-state index in [-0.39, 0.29) is 5.92 Å². The van der Waals surface area contributed by atoms with Crippen molar-refractivity contribution >= 4 is 17.6 Å². The van der Waals surface area contributed by atoms with Crippen LogP contribution in [-0.2, 0) is 17.6 Å². The highest BCUT2D eigenvalue weighted by atomic mass is 35.5. The Balaban J connectivity index is 1.79. The van der Waals surface area contributed by atoms with Crippen molar-refractivity contribution in [2.45, 2.75) is 57.8 Å². The van der Waals surface area contributed by atoms with Gasteiger partial charge >= 0.3 is 5.97 Å². The average molecular weight is 307 g/mol. The molecule has 3 unspecified atom stereocenters. The van der Waals surface area contributed by atoms with Crippen LogP contribution < -0.4 is 0 Å². The molecule has 2 nitrogen and oxygen atoms in total. The molecule has 21 heavy (non-hydrogen) atoms. The molecule has 1 fully saturated rings. The van der Waals surface area contributed by atoms with Gasteiger partial charge in [0.25, 0.3) is 0 Å². The number of carboxylic acid groups (broad SMARTS) is 1. The molecule has 0 radical (unpaired) electrons. The number of carbonyl (C=O) groups is 1. The Bertz CT molecular complexity index is 552. The number of carboxylic acids is 1. The minimum atomic E-state index is -0.633. The molecule has 3 rings (SSSR count). The Labute approximate surface area is 131 Å². The van der Waals surface area contributed by atoms with Crippen LogP contribution in [0.1, 0.15) is 61.6 Å². The first-order valence-electron chi connectivity index (χ1n) is 8.14. The summed E-state index contributed by atoms with van der Waals surface area (Å²) in [5, 5.41) is 9.95. The number of benzene rings is 1. The predicted molar refractivity (Wildman–Crippen MR) is 85.0 cm³/mol. The zero-order valence-electron chi connectivity index (χ0n) is 12.6. The number of aryl methyl sites for hydroxylation is 2. The molecule has 2 aliphatic carbocycles. The fraction of sp³-hybridized carbons (Fsp3) is 0.611. The van der Waals surface area contributed by atoms with Gasteiger partial charge in [-0.3, -0.25) is 4.79 Å². The summed E-state index contributed by atoms with van der Waals surface area (Å²) >= 11 is 6.52. The van der Waals surface area contributed by atoms with Crippen molar-refractivity contribution in [3.63, 3.8) is 0 Å². The first-order chi connectivity index (χ1) is 10.1. The molecule has 0 bridgehead atoms. The number of hydrogen-bond donors (Lipinski definition) is 1. The highest BCUT2D eigenvalue weighted by Gasteiger charge is 2.44. The van der Waals surface area contributed by atoms with Crippen molar-refractivity contribution in [1.29, 1.82) is 0 Å². The van der Waals surface area contributed by atoms with Crippen LogP contribution in [0, 0.1) is 11.8 Å². The number of hydrogen-bond acceptors (Lipinski definition) is 1. The van der Waals surface area contributed by atoms with Gasteiger partial charge < -0.3 is 5.11 Å². The summed E-state index contributed by atoms with van der Waals surface area (Å²) in [6, 6.07) is 4.47. The fourth-order valence-corrected chi connectivity index (χ4v) is 4.12. The van der Waals surface area contributed by atoms with E-state index in [0.717, 1.165) is 37.1 Å². The van der Waals surface area contributed by atoms with Gasteiger partial charge in [-0.2, -0.15) is 0 Å². The normalized spacial score (nSPS) is 25.2. The van der Waals surface area contributed by atoms with E-state index in [4.69, 9.17) is 16.7 Å². The van der Waals surface area contributed by atoms with E-state index < -0.39 is 5.97 Å². The van der Waals surface area contributed by atoms with Gasteiger partial charge in [0.05, 0.1) is 5.92 Å². The number of fused-ring (bicyclic) bond motifs is 1. The van der Waals surface area contributed by atoms with Crippen molar-refractivity contribution < 1.29 is 9.90 Å². The van der Waals surface area contributed by atoms with E-state index >= 15 is 0 Å². The molecule has 0 spiro atoms. The Morgan fingerprint density at radius 2 is 2.00 bits per heavy atom. The molecule has 0 heterocycles. The molecule has 0 aromatic heterocycles. The summed E-state index contributed by atoms with van der Waals surface area (Å²) in [5.41, 5.74) is 4.13. The van der Waals surface area contributed by atoms with Crippen molar-refractivity contribution in [2.75, 3.05) is 0 Å². The molecule has 0 aliphatic heterocycles. The second kappa shape index (κ2) is 6.00. The largest absolute Gasteiger partial charge is 0.481 e. The van der Waals surface area contributed by atoms with E-state index in [1.165, 1.54) is 29.5 Å². The lowest BCUT2D eigenvalue weighted by Gasteiger charge is -2.22. The first-order valence-corrected chi connectivity index (χ1v) is 8.52. The Kier molecular flexibility index (Phi) is 4.26. The number of halogens is 1. The van der Waals surface area contributed by atoms with Gasteiger partial charge in [0.15, 0.2) is 0 Å². The molecule has 3 atom stereocenters. The van der Waals surface area contributed by atoms with Crippen LogP contribution in [0.2, 0.25) is 5.02 Å². The molecule has 2 aliphatic rings. The molecule has 1 N–H and O–H groups in total. The van der Waals surface area contributed by atoms with E-state index in [1.54, 1.807) is 0 Å². The monoisotopic (exact) mass is 306 g/mol. The van der Waals surface area contributed by atoms with Crippen molar-refractivity contribution in [3.8, 4) is 0 Å². The van der Waals surface area contributed by atoms with E-state index in [9.17, 15) is 4.79 Å². The summed E-state index contributed by atoms with van der Waals surface area (Å²) in [7, 11) is 0. The SMILES string of the molecule is CCC(CC1CC1C(=O)O)c1cc2c(cc1Cl)CCCC2. The topological polar surface area (TPSA) is 37.3 Å². The molecule has 0 saturated heterocycles. The lowest BCUT2D eigenvalue weighted by atomic mass is 9.84. The van der Waals surface area contributed by atoms with Gasteiger partial charge in [0, 0.05) is 5.02 Å². The molecule has 114 valence electrons. The second-order valence-corrected chi connectivity index (χ2v) is 7.04. The van der Waals surface area contributed by atoms with Crippen molar-refractivity contribution in [2.24, 2.45) is 11.8 Å². The standard InChI is InChI=1S/C18H23ClO2/c1-2-11(7-14-9-16(14)18(20)21)15-8-12-5-3-4-6-13(12)10-17(15)19/h8,10-11,14,16H,2-7,9H2,1H3,(H,20,21). The van der Waals surface area contributed by atoms with Gasteiger partial charge in [0.1, 0.15) is 0 Å². The lowest BCUT2D eigenvalue weighted by Crippen LogP contribution is -2.08. The molecule has 1 aromatic rings. The third-order valence-corrected chi connectivity index (χ3v) is 5.55. The van der Waals surface area contributed by atoms with Gasteiger partial charge in [-0.05, 0) is 79.5 Å². The molecule has 1 saturated carbocycles. The maximum absolute atomic E-state index is 11.0. The zero-order valence-corrected chi connectivity index (χ0v) is 13.3. The van der Waals surface area contributed by atoms with Crippen LogP contribution in [0.5, 0.6) is 0 Å². The molecular formula is C18H23ClO2. The van der Waals surface area contributed by atoms with Crippen LogP contribution in [0.15, 0.2) is 12.1 Å². The predicted octanol–water partition coefficient (Wildman–Crippen LogP) is 4.82. The van der Waals surface area contributed by atoms with E-state index in [0.29, 0.717) is 11.8 Å². The molecular weight excluding hydrogens is 284 g/mol. The maximum Gasteiger partial charge on any atom is 0.306 e. The van der Waals surface area contributed by atoms with Gasteiger partial charge in [-0.1, -0.05) is 24.6 Å². The quantitative estimate of drug-likeness (QED) is 0.846. The van der Waals surface area contributed by atoms with E-state index in [1.807, 2.05) is 0 Å². The Morgan fingerprint density at radius 1 is 1.33 bits per heavy atom. The van der Waals surface area contributed by atoms with Crippen molar-refractivity contribution in [1.82, 2.24) is 0 Å². The van der Waals surface area contributed by atoms with Crippen molar-refractivity contribution in [3.05, 3.63) is 33.8 Å². The summed E-state index contributed by atoms with van der Waals surface area (Å²) in [6.45, 7) is 2.18. The number of aliphatic carboxylic acids is 1. The first kappa shape index (κ1) is 14.9. The van der Waals surface area contributed by atoms with Gasteiger partial charge in [-0.25, -0.2) is 0 Å². The van der Waals surface area contributed by atoms with Crippen LogP contribution in [-0.4, -0.2) is 11.1 Å². The summed E-state index contributed by atoms with van der Waals surface area (Å²) in [4.78, 5) is 11.0. The van der Waals surface area contributed by atoms with Crippen LogP contribution in [0.25, 0.3) is 0 Å². The summed E-state index contributed by atoms with van der Waals surface area (Å²) < 4.78 is 0. The third kappa shape index (κ3) is 3.11. The third-order valence-electron chi connectivity index (χ3n) is 5.22. The maximum atomic E-state index is 11.0. The molecule has 0 amide bonds. The van der Waals surface area contributed by atoms with Gasteiger partial charge in [-0.15, -0.1) is 0 Å². The van der Waals surface area contributed by atoms with Gasteiger partial charge in [0.2, 0.25) is 0 Å². The zero-order chi connectivity index (χ0) is 15.0. The smallest absolute Gasteiger partial charge is 0.306 e. The van der Waals surface area contributed by atoms with Crippen LogP contribution in [0.3, 0.4) is 0 Å². The average Bonchev–Trinajstić information content (AvgIpc) is 3.24. The van der Waals surface area contributed by atoms with Crippen LogP contribution in [0.4, 0.5) is 0 Å². The van der Waals surface area contributed by atoms with Crippen LogP contribution >= 0.6 is 11.6 Å². The summed E-state index contributed by atoms with van der Waals surface area (Å²) in [5.74, 6) is 0.000435.